The second-order valence-corrected chi connectivity index (χ2v) is 9.64. The molecule has 0 aromatic heterocycles. The molecule has 0 atom stereocenters. The first kappa shape index (κ1) is 20.6. The van der Waals surface area contributed by atoms with E-state index in [-0.39, 0.29) is 16.7 Å². The van der Waals surface area contributed by atoms with Crippen LogP contribution in [0.2, 0.25) is 0 Å². The number of rotatable bonds is 4. The largest absolute Gasteiger partial charge is 0.369 e. The lowest BCUT2D eigenvalue weighted by Gasteiger charge is -2.35. The second kappa shape index (κ2) is 8.20. The second-order valence-electron chi connectivity index (χ2n) is 7.70. The minimum atomic E-state index is -3.63. The predicted molar refractivity (Wildman–Crippen MR) is 115 cm³/mol. The average Bonchev–Trinajstić information content (AvgIpc) is 2.74. The molecule has 0 bridgehead atoms. The van der Waals surface area contributed by atoms with Gasteiger partial charge in [0, 0.05) is 44.7 Å². The molecule has 0 aliphatic carbocycles. The van der Waals surface area contributed by atoms with Crippen LogP contribution >= 0.6 is 0 Å². The zero-order valence-electron chi connectivity index (χ0n) is 17.0. The van der Waals surface area contributed by atoms with Crippen LogP contribution in [0.15, 0.2) is 53.4 Å². The van der Waals surface area contributed by atoms with Gasteiger partial charge in [-0.15, -0.1) is 0 Å². The van der Waals surface area contributed by atoms with Crippen molar-refractivity contribution in [3.63, 3.8) is 0 Å². The van der Waals surface area contributed by atoms with Crippen molar-refractivity contribution in [3.8, 4) is 0 Å². The van der Waals surface area contributed by atoms with Gasteiger partial charge >= 0.3 is 0 Å². The maximum absolute atomic E-state index is 13.1. The minimum Gasteiger partial charge on any atom is -0.369 e. The Balaban J connectivity index is 1.46. The Bertz CT molecular complexity index is 1040. The molecule has 2 fully saturated rings. The molecule has 0 saturated carbocycles. The van der Waals surface area contributed by atoms with Crippen molar-refractivity contribution < 1.29 is 18.0 Å². The fraction of sp³-hybridized carbons (Fsp3) is 0.364. The van der Waals surface area contributed by atoms with Crippen molar-refractivity contribution in [1.82, 2.24) is 4.31 Å². The number of carbonyl (C=O) groups is 2. The highest BCUT2D eigenvalue weighted by atomic mass is 32.2. The summed E-state index contributed by atoms with van der Waals surface area (Å²) < 4.78 is 27.6. The maximum Gasteiger partial charge on any atom is 0.243 e. The van der Waals surface area contributed by atoms with Crippen molar-refractivity contribution >= 4 is 33.2 Å². The zero-order chi connectivity index (χ0) is 21.3. The number of carbonyl (C=O) groups excluding carboxylic acids is 2. The van der Waals surface area contributed by atoms with Gasteiger partial charge in [0.1, 0.15) is 0 Å². The number of benzene rings is 2. The van der Waals surface area contributed by atoms with E-state index in [1.54, 1.807) is 0 Å². The Hall–Kier alpha value is -2.71. The van der Waals surface area contributed by atoms with Crippen LogP contribution in [0.25, 0.3) is 0 Å². The number of amides is 2. The van der Waals surface area contributed by atoms with E-state index in [4.69, 9.17) is 0 Å². The molecule has 30 heavy (non-hydrogen) atoms. The summed E-state index contributed by atoms with van der Waals surface area (Å²) in [4.78, 5) is 27.7. The summed E-state index contributed by atoms with van der Waals surface area (Å²) in [6.45, 7) is 4.09. The van der Waals surface area contributed by atoms with E-state index < -0.39 is 10.0 Å². The monoisotopic (exact) mass is 427 g/mol. The van der Waals surface area contributed by atoms with Crippen molar-refractivity contribution in [2.24, 2.45) is 0 Å². The van der Waals surface area contributed by atoms with Gasteiger partial charge in [0.15, 0.2) is 0 Å². The van der Waals surface area contributed by atoms with Crippen molar-refractivity contribution in [1.29, 1.82) is 0 Å². The summed E-state index contributed by atoms with van der Waals surface area (Å²) in [6.07, 6.45) is 1.23. The third kappa shape index (κ3) is 3.97. The normalized spacial score (nSPS) is 18.7. The molecule has 7 nitrogen and oxygen atoms in total. The van der Waals surface area contributed by atoms with Crippen LogP contribution in [0.1, 0.15) is 24.8 Å². The number of sulfonamides is 1. The van der Waals surface area contributed by atoms with Crippen LogP contribution in [-0.2, 0) is 19.6 Å². The fourth-order valence-corrected chi connectivity index (χ4v) is 5.39. The molecule has 0 unspecified atom stereocenters. The Morgan fingerprint density at radius 1 is 0.800 bits per heavy atom. The highest BCUT2D eigenvalue weighted by Gasteiger charge is 2.30. The van der Waals surface area contributed by atoms with Gasteiger partial charge in [0.2, 0.25) is 21.8 Å². The van der Waals surface area contributed by atoms with Crippen LogP contribution in [0.4, 0.5) is 11.4 Å². The average molecular weight is 428 g/mol. The summed E-state index contributed by atoms with van der Waals surface area (Å²) in [7, 11) is -3.63. The van der Waals surface area contributed by atoms with Crippen molar-refractivity contribution in [3.05, 3.63) is 54.1 Å². The van der Waals surface area contributed by atoms with Gasteiger partial charge in [-0.05, 0) is 55.3 Å². The number of nitrogens with zero attached hydrogens (tertiary/aromatic N) is 3. The highest BCUT2D eigenvalue weighted by molar-refractivity contribution is 7.89. The SMILES string of the molecule is Cc1cccc(N2CCN(S(=O)(=O)c3ccc(N4C(=O)CCCC4=O)cc3)CC2)c1. The number of imide groups is 1. The van der Waals surface area contributed by atoms with Crippen LogP contribution in [0, 0.1) is 6.92 Å². The Morgan fingerprint density at radius 2 is 1.43 bits per heavy atom. The van der Waals surface area contributed by atoms with Gasteiger partial charge in [-0.2, -0.15) is 4.31 Å². The molecule has 2 saturated heterocycles. The third-order valence-electron chi connectivity index (χ3n) is 5.62. The number of piperazine rings is 1. The molecule has 0 radical (unpaired) electrons. The Kier molecular flexibility index (Phi) is 5.62. The van der Waals surface area contributed by atoms with E-state index in [0.717, 1.165) is 10.6 Å². The molecule has 0 N–H and O–H groups in total. The van der Waals surface area contributed by atoms with Gasteiger partial charge in [-0.1, -0.05) is 12.1 Å². The Labute approximate surface area is 176 Å². The number of anilines is 2. The van der Waals surface area contributed by atoms with Crippen molar-refractivity contribution in [2.45, 2.75) is 31.1 Å². The van der Waals surface area contributed by atoms with Crippen LogP contribution in [0.5, 0.6) is 0 Å². The quantitative estimate of drug-likeness (QED) is 0.701. The third-order valence-corrected chi connectivity index (χ3v) is 7.53. The lowest BCUT2D eigenvalue weighted by molar-refractivity contribution is -0.129. The number of hydrogen-bond donors (Lipinski definition) is 0. The predicted octanol–water partition coefficient (Wildman–Crippen LogP) is 2.55. The van der Waals surface area contributed by atoms with Gasteiger partial charge in [0.25, 0.3) is 0 Å². The molecule has 2 heterocycles. The summed E-state index contributed by atoms with van der Waals surface area (Å²) in [5, 5.41) is 0. The van der Waals surface area contributed by atoms with Crippen LogP contribution in [-0.4, -0.2) is 50.7 Å². The summed E-state index contributed by atoms with van der Waals surface area (Å²) in [5.74, 6) is -0.483. The van der Waals surface area contributed by atoms with E-state index >= 15 is 0 Å². The molecule has 2 amide bonds. The number of piperidine rings is 1. The van der Waals surface area contributed by atoms with Gasteiger partial charge < -0.3 is 4.90 Å². The van der Waals surface area contributed by atoms with Crippen molar-refractivity contribution in [2.75, 3.05) is 36.0 Å². The molecule has 2 aliphatic heterocycles. The smallest absolute Gasteiger partial charge is 0.243 e. The molecular weight excluding hydrogens is 402 g/mol. The van der Waals surface area contributed by atoms with E-state index in [1.807, 2.05) is 25.1 Å². The molecule has 2 aromatic rings. The highest BCUT2D eigenvalue weighted by Crippen LogP contribution is 2.26. The maximum atomic E-state index is 13.1. The Morgan fingerprint density at radius 3 is 2.03 bits per heavy atom. The molecule has 2 aromatic carbocycles. The zero-order valence-corrected chi connectivity index (χ0v) is 17.8. The molecule has 8 heteroatoms. The van der Waals surface area contributed by atoms with Gasteiger partial charge in [-0.25, -0.2) is 8.42 Å². The molecule has 4 rings (SSSR count). The van der Waals surface area contributed by atoms with E-state index in [0.29, 0.717) is 51.1 Å². The molecule has 2 aliphatic rings. The van der Waals surface area contributed by atoms with Gasteiger partial charge in [-0.3, -0.25) is 14.5 Å². The van der Waals surface area contributed by atoms with Crippen LogP contribution < -0.4 is 9.80 Å². The van der Waals surface area contributed by atoms with E-state index in [2.05, 4.69) is 11.0 Å². The molecular formula is C22H25N3O4S. The lowest BCUT2D eigenvalue weighted by atomic mass is 10.1. The molecule has 0 spiro atoms. The lowest BCUT2D eigenvalue weighted by Crippen LogP contribution is -2.48. The number of aryl methyl sites for hydroxylation is 1. The van der Waals surface area contributed by atoms with E-state index in [1.165, 1.54) is 34.1 Å². The summed E-state index contributed by atoms with van der Waals surface area (Å²) in [5.41, 5.74) is 2.70. The summed E-state index contributed by atoms with van der Waals surface area (Å²) >= 11 is 0. The first-order valence-corrected chi connectivity index (χ1v) is 11.6. The van der Waals surface area contributed by atoms with Gasteiger partial charge in [0.05, 0.1) is 10.6 Å². The standard InChI is InChI=1S/C22H25N3O4S/c1-17-4-2-5-19(16-17)23-12-14-24(15-13-23)30(28,29)20-10-8-18(9-11-20)25-21(26)6-3-7-22(25)27/h2,4-5,8-11,16H,3,6-7,12-15H2,1H3. The summed E-state index contributed by atoms with van der Waals surface area (Å²) in [6, 6.07) is 14.2. The van der Waals surface area contributed by atoms with E-state index in [9.17, 15) is 18.0 Å². The van der Waals surface area contributed by atoms with Crippen LogP contribution in [0.3, 0.4) is 0 Å². The minimum absolute atomic E-state index is 0.173. The molecule has 158 valence electrons. The fourth-order valence-electron chi connectivity index (χ4n) is 3.97. The first-order chi connectivity index (χ1) is 14.4. The first-order valence-electron chi connectivity index (χ1n) is 10.1. The number of hydrogen-bond acceptors (Lipinski definition) is 5. The topological polar surface area (TPSA) is 78.0 Å².